The lowest BCUT2D eigenvalue weighted by Gasteiger charge is -2.01. The van der Waals surface area contributed by atoms with Crippen molar-refractivity contribution in [2.75, 3.05) is 13.1 Å². The van der Waals surface area contributed by atoms with Crippen molar-refractivity contribution in [1.82, 2.24) is 5.32 Å². The van der Waals surface area contributed by atoms with Crippen LogP contribution in [0.1, 0.15) is 38.5 Å². The highest BCUT2D eigenvalue weighted by atomic mass is 16.1. The number of amides is 1. The monoisotopic (exact) mass is 197 g/mol. The minimum absolute atomic E-state index is 0.534. The summed E-state index contributed by atoms with van der Waals surface area (Å²) < 4.78 is 0. The van der Waals surface area contributed by atoms with E-state index in [-0.39, 0.29) is 0 Å². The van der Waals surface area contributed by atoms with E-state index in [1.54, 1.807) is 0 Å². The SMILES string of the molecule is N#CC(=O)NCCCCCCCCN. The zero-order valence-electron chi connectivity index (χ0n) is 8.59. The van der Waals surface area contributed by atoms with Gasteiger partial charge in [-0.1, -0.05) is 25.7 Å². The van der Waals surface area contributed by atoms with Crippen molar-refractivity contribution in [2.45, 2.75) is 38.5 Å². The van der Waals surface area contributed by atoms with Gasteiger partial charge in [0.05, 0.1) is 0 Å². The number of rotatable bonds is 8. The molecule has 0 aliphatic heterocycles. The Morgan fingerprint density at radius 2 is 1.71 bits per heavy atom. The highest BCUT2D eigenvalue weighted by Crippen LogP contribution is 2.03. The van der Waals surface area contributed by atoms with Crippen molar-refractivity contribution in [3.8, 4) is 6.07 Å². The van der Waals surface area contributed by atoms with E-state index >= 15 is 0 Å². The maximum atomic E-state index is 10.5. The van der Waals surface area contributed by atoms with Crippen molar-refractivity contribution < 1.29 is 4.79 Å². The van der Waals surface area contributed by atoms with E-state index in [0.717, 1.165) is 25.8 Å². The van der Waals surface area contributed by atoms with E-state index in [1.165, 1.54) is 25.3 Å². The molecule has 0 saturated heterocycles. The fraction of sp³-hybridized carbons (Fsp3) is 0.800. The number of hydrogen-bond acceptors (Lipinski definition) is 3. The minimum Gasteiger partial charge on any atom is -0.344 e. The average molecular weight is 197 g/mol. The van der Waals surface area contributed by atoms with Crippen LogP contribution in [0.3, 0.4) is 0 Å². The minimum atomic E-state index is -0.534. The highest BCUT2D eigenvalue weighted by Gasteiger charge is 1.95. The Balaban J connectivity index is 3.00. The summed E-state index contributed by atoms with van der Waals surface area (Å²) in [6, 6.07) is 1.52. The van der Waals surface area contributed by atoms with E-state index in [0.29, 0.717) is 6.54 Å². The molecule has 0 spiro atoms. The quantitative estimate of drug-likeness (QED) is 0.448. The van der Waals surface area contributed by atoms with Gasteiger partial charge in [-0.05, 0) is 19.4 Å². The molecule has 80 valence electrons. The zero-order valence-corrected chi connectivity index (χ0v) is 8.59. The fourth-order valence-corrected chi connectivity index (χ4v) is 1.22. The molecule has 0 rings (SSSR count). The number of nitrogens with two attached hydrogens (primary N) is 1. The molecule has 0 unspecified atom stereocenters. The number of nitrogens with zero attached hydrogens (tertiary/aromatic N) is 1. The van der Waals surface area contributed by atoms with E-state index in [9.17, 15) is 4.79 Å². The fourth-order valence-electron chi connectivity index (χ4n) is 1.22. The van der Waals surface area contributed by atoms with Gasteiger partial charge in [0, 0.05) is 6.54 Å². The molecule has 0 saturated carbocycles. The second-order valence-electron chi connectivity index (χ2n) is 3.28. The summed E-state index contributed by atoms with van der Waals surface area (Å²) in [4.78, 5) is 10.5. The lowest BCUT2D eigenvalue weighted by atomic mass is 10.1. The molecule has 0 aromatic heterocycles. The van der Waals surface area contributed by atoms with Gasteiger partial charge in [0.2, 0.25) is 0 Å². The average Bonchev–Trinajstić information content (AvgIpc) is 2.21. The van der Waals surface area contributed by atoms with Crippen LogP contribution in [0.2, 0.25) is 0 Å². The first-order chi connectivity index (χ1) is 6.81. The Hall–Kier alpha value is -1.08. The van der Waals surface area contributed by atoms with E-state index in [2.05, 4.69) is 5.32 Å². The Labute approximate surface area is 85.5 Å². The Kier molecular flexibility index (Phi) is 9.23. The predicted octanol–water partition coefficient (Wildman–Crippen LogP) is 0.925. The van der Waals surface area contributed by atoms with Gasteiger partial charge in [-0.3, -0.25) is 4.79 Å². The predicted molar refractivity (Wildman–Crippen MR) is 55.4 cm³/mol. The summed E-state index contributed by atoms with van der Waals surface area (Å²) in [5, 5.41) is 10.7. The lowest BCUT2D eigenvalue weighted by molar-refractivity contribution is -0.115. The second-order valence-corrected chi connectivity index (χ2v) is 3.28. The molecule has 0 atom stereocenters. The number of hydrogen-bond donors (Lipinski definition) is 2. The summed E-state index contributed by atoms with van der Waals surface area (Å²) in [5.41, 5.74) is 5.36. The topological polar surface area (TPSA) is 78.9 Å². The van der Waals surface area contributed by atoms with Crippen LogP contribution in [0.15, 0.2) is 0 Å². The molecule has 1 amide bonds. The molecule has 14 heavy (non-hydrogen) atoms. The zero-order chi connectivity index (χ0) is 10.6. The highest BCUT2D eigenvalue weighted by molar-refractivity contribution is 5.91. The molecule has 0 bridgehead atoms. The molecule has 0 aliphatic rings. The van der Waals surface area contributed by atoms with Crippen molar-refractivity contribution in [3.63, 3.8) is 0 Å². The van der Waals surface area contributed by atoms with Gasteiger partial charge in [0.1, 0.15) is 0 Å². The van der Waals surface area contributed by atoms with Crippen molar-refractivity contribution >= 4 is 5.91 Å². The molecule has 3 N–H and O–H groups in total. The van der Waals surface area contributed by atoms with Crippen LogP contribution in [0.5, 0.6) is 0 Å². The van der Waals surface area contributed by atoms with Crippen molar-refractivity contribution in [3.05, 3.63) is 0 Å². The second kappa shape index (κ2) is 10.0. The summed E-state index contributed by atoms with van der Waals surface area (Å²) in [6.07, 6.45) is 6.75. The summed E-state index contributed by atoms with van der Waals surface area (Å²) in [6.45, 7) is 1.39. The Bertz CT molecular complexity index is 186. The molecular weight excluding hydrogens is 178 g/mol. The summed E-state index contributed by atoms with van der Waals surface area (Å²) in [7, 11) is 0. The van der Waals surface area contributed by atoms with Gasteiger partial charge in [-0.15, -0.1) is 0 Å². The molecule has 0 radical (unpaired) electrons. The van der Waals surface area contributed by atoms with Crippen molar-refractivity contribution in [2.24, 2.45) is 5.73 Å². The van der Waals surface area contributed by atoms with Crippen LogP contribution in [0.4, 0.5) is 0 Å². The van der Waals surface area contributed by atoms with E-state index < -0.39 is 5.91 Å². The number of carbonyl (C=O) groups is 1. The first-order valence-corrected chi connectivity index (χ1v) is 5.19. The van der Waals surface area contributed by atoms with Crippen LogP contribution in [-0.2, 0) is 4.79 Å². The Morgan fingerprint density at radius 3 is 2.29 bits per heavy atom. The molecule has 0 fully saturated rings. The van der Waals surface area contributed by atoms with E-state index in [1.807, 2.05) is 0 Å². The maximum Gasteiger partial charge on any atom is 0.322 e. The standard InChI is InChI=1S/C10H19N3O/c11-7-5-3-1-2-4-6-8-13-10(14)9-12/h1-8,11H2,(H,13,14). The molecular formula is C10H19N3O. The van der Waals surface area contributed by atoms with Gasteiger partial charge in [0.15, 0.2) is 6.07 Å². The number of carbonyl (C=O) groups excluding carboxylic acids is 1. The van der Waals surface area contributed by atoms with Crippen LogP contribution in [0.25, 0.3) is 0 Å². The van der Waals surface area contributed by atoms with Gasteiger partial charge in [-0.25, -0.2) is 0 Å². The molecule has 4 nitrogen and oxygen atoms in total. The maximum absolute atomic E-state index is 10.5. The van der Waals surface area contributed by atoms with Crippen LogP contribution in [-0.4, -0.2) is 19.0 Å². The number of nitriles is 1. The first-order valence-electron chi connectivity index (χ1n) is 5.19. The molecule has 4 heteroatoms. The third-order valence-electron chi connectivity index (χ3n) is 2.02. The molecule has 0 aliphatic carbocycles. The smallest absolute Gasteiger partial charge is 0.322 e. The normalized spacial score (nSPS) is 9.43. The lowest BCUT2D eigenvalue weighted by Crippen LogP contribution is -2.22. The van der Waals surface area contributed by atoms with E-state index in [4.69, 9.17) is 11.0 Å². The third-order valence-corrected chi connectivity index (χ3v) is 2.02. The number of unbranched alkanes of at least 4 members (excludes halogenated alkanes) is 5. The largest absolute Gasteiger partial charge is 0.344 e. The third kappa shape index (κ3) is 9.01. The van der Waals surface area contributed by atoms with Gasteiger partial charge in [0.25, 0.3) is 0 Å². The van der Waals surface area contributed by atoms with Gasteiger partial charge in [-0.2, -0.15) is 5.26 Å². The molecule has 0 aromatic carbocycles. The van der Waals surface area contributed by atoms with Crippen LogP contribution in [0, 0.1) is 11.3 Å². The van der Waals surface area contributed by atoms with Gasteiger partial charge >= 0.3 is 5.91 Å². The summed E-state index contributed by atoms with van der Waals surface area (Å²) >= 11 is 0. The van der Waals surface area contributed by atoms with Crippen molar-refractivity contribution in [1.29, 1.82) is 5.26 Å². The van der Waals surface area contributed by atoms with Crippen LogP contribution < -0.4 is 11.1 Å². The molecule has 0 heterocycles. The van der Waals surface area contributed by atoms with Gasteiger partial charge < -0.3 is 11.1 Å². The summed E-state index contributed by atoms with van der Waals surface area (Å²) in [5.74, 6) is -0.534. The van der Waals surface area contributed by atoms with Crippen LogP contribution >= 0.6 is 0 Å². The Morgan fingerprint density at radius 1 is 1.14 bits per heavy atom. The first kappa shape index (κ1) is 12.9. The number of nitrogens with one attached hydrogen (secondary N) is 1. The molecule has 0 aromatic rings.